The number of para-hydroxylation sites is 1. The van der Waals surface area contributed by atoms with Gasteiger partial charge in [0, 0.05) is 5.69 Å². The van der Waals surface area contributed by atoms with Gasteiger partial charge in [-0.15, -0.1) is 0 Å². The summed E-state index contributed by atoms with van der Waals surface area (Å²) in [4.78, 5) is 12.2. The quantitative estimate of drug-likeness (QED) is 0.361. The summed E-state index contributed by atoms with van der Waals surface area (Å²) < 4.78 is 7.15. The molecular weight excluding hydrogens is 518 g/mol. The van der Waals surface area contributed by atoms with Gasteiger partial charge in [0.05, 0.1) is 14.3 Å². The third kappa shape index (κ3) is 4.68. The zero-order valence-corrected chi connectivity index (χ0v) is 16.5. The van der Waals surface area contributed by atoms with Gasteiger partial charge in [0.25, 0.3) is 5.91 Å². The van der Waals surface area contributed by atoms with Gasteiger partial charge < -0.3 is 10.1 Å². The van der Waals surface area contributed by atoms with Crippen molar-refractivity contribution in [2.75, 3.05) is 12.4 Å². The maximum Gasteiger partial charge on any atom is 0.266 e. The lowest BCUT2D eigenvalue weighted by atomic mass is 10.1. The molecule has 6 heteroatoms. The molecule has 0 aliphatic carbocycles. The number of rotatable bonds is 4. The van der Waals surface area contributed by atoms with Crippen molar-refractivity contribution in [3.63, 3.8) is 0 Å². The molecule has 1 amide bonds. The average Bonchev–Trinajstić information content (AvgIpc) is 2.53. The largest absolute Gasteiger partial charge is 0.495 e. The highest BCUT2D eigenvalue weighted by molar-refractivity contribution is 14.1. The number of halogens is 2. The Balaban J connectivity index is 2.29. The van der Waals surface area contributed by atoms with E-state index in [1.54, 1.807) is 25.3 Å². The Kier molecular flexibility index (Phi) is 6.41. The number of nitriles is 1. The van der Waals surface area contributed by atoms with Crippen LogP contribution >= 0.6 is 45.2 Å². The summed E-state index contributed by atoms with van der Waals surface area (Å²) in [6, 6.07) is 14.7. The molecule has 0 saturated carbocycles. The number of anilines is 1. The van der Waals surface area contributed by atoms with Gasteiger partial charge in [0.2, 0.25) is 0 Å². The number of amides is 1. The summed E-state index contributed by atoms with van der Waals surface area (Å²) in [6.07, 6.45) is 1.57. The first-order valence-corrected chi connectivity index (χ1v) is 8.72. The molecule has 4 nitrogen and oxygen atoms in total. The number of nitrogens with zero attached hydrogens (tertiary/aromatic N) is 1. The Morgan fingerprint density at radius 2 is 1.83 bits per heavy atom. The van der Waals surface area contributed by atoms with Crippen molar-refractivity contribution >= 4 is 62.9 Å². The molecule has 0 spiro atoms. The number of carbonyl (C=O) groups is 1. The van der Waals surface area contributed by atoms with Gasteiger partial charge in [-0.1, -0.05) is 18.2 Å². The first-order valence-electron chi connectivity index (χ1n) is 6.56. The molecule has 0 heterocycles. The maximum absolute atomic E-state index is 12.2. The van der Waals surface area contributed by atoms with Crippen LogP contribution in [0.4, 0.5) is 5.69 Å². The smallest absolute Gasteiger partial charge is 0.266 e. The van der Waals surface area contributed by atoms with Crippen LogP contribution in [0.3, 0.4) is 0 Å². The van der Waals surface area contributed by atoms with E-state index in [-0.39, 0.29) is 5.57 Å². The van der Waals surface area contributed by atoms with Gasteiger partial charge in [-0.2, -0.15) is 5.26 Å². The Bertz CT molecular complexity index is 773. The molecule has 0 saturated heterocycles. The van der Waals surface area contributed by atoms with E-state index < -0.39 is 5.91 Å². The van der Waals surface area contributed by atoms with Crippen molar-refractivity contribution in [3.05, 3.63) is 60.7 Å². The molecule has 0 fully saturated rings. The SMILES string of the molecule is COc1c(I)cc(/C=C(/C#N)C(=O)Nc2ccccc2)cc1I. The third-order valence-electron chi connectivity index (χ3n) is 2.93. The highest BCUT2D eigenvalue weighted by atomic mass is 127. The predicted octanol–water partition coefficient (Wildman–Crippen LogP) is 4.45. The lowest BCUT2D eigenvalue weighted by molar-refractivity contribution is -0.112. The van der Waals surface area contributed by atoms with Gasteiger partial charge in [-0.05, 0) is 81.1 Å². The van der Waals surface area contributed by atoms with Crippen molar-refractivity contribution in [3.8, 4) is 11.8 Å². The van der Waals surface area contributed by atoms with E-state index in [2.05, 4.69) is 50.5 Å². The summed E-state index contributed by atoms with van der Waals surface area (Å²) in [5.41, 5.74) is 1.47. The molecule has 1 N–H and O–H groups in total. The fourth-order valence-electron chi connectivity index (χ4n) is 1.89. The number of ether oxygens (including phenoxy) is 1. The summed E-state index contributed by atoms with van der Waals surface area (Å²) in [7, 11) is 1.61. The molecule has 2 rings (SSSR count). The number of hydrogen-bond acceptors (Lipinski definition) is 3. The second kappa shape index (κ2) is 8.31. The second-order valence-corrected chi connectivity index (χ2v) is 6.83. The van der Waals surface area contributed by atoms with Crippen LogP contribution in [0.25, 0.3) is 6.08 Å². The molecule has 0 bridgehead atoms. The standard InChI is InChI=1S/C17H12I2N2O2/c1-23-16-14(18)8-11(9-15(16)19)7-12(10-20)17(22)21-13-5-3-2-4-6-13/h2-9H,1H3,(H,21,22)/b12-7-. The molecule has 0 unspecified atom stereocenters. The molecule has 0 radical (unpaired) electrons. The van der Waals surface area contributed by atoms with E-state index in [4.69, 9.17) is 4.74 Å². The molecular formula is C17H12I2N2O2. The maximum atomic E-state index is 12.2. The number of nitrogens with one attached hydrogen (secondary N) is 1. The topological polar surface area (TPSA) is 62.1 Å². The van der Waals surface area contributed by atoms with Crippen LogP contribution in [0, 0.1) is 18.5 Å². The van der Waals surface area contributed by atoms with Crippen molar-refractivity contribution in [1.29, 1.82) is 5.26 Å². The fraction of sp³-hybridized carbons (Fsp3) is 0.0588. The number of benzene rings is 2. The predicted molar refractivity (Wildman–Crippen MR) is 107 cm³/mol. The van der Waals surface area contributed by atoms with E-state index in [9.17, 15) is 10.1 Å². The average molecular weight is 530 g/mol. The van der Waals surface area contributed by atoms with Crippen LogP contribution in [0.5, 0.6) is 5.75 Å². The Hall–Kier alpha value is -1.60. The highest BCUT2D eigenvalue weighted by Crippen LogP contribution is 2.29. The van der Waals surface area contributed by atoms with Crippen LogP contribution in [0.1, 0.15) is 5.56 Å². The summed E-state index contributed by atoms with van der Waals surface area (Å²) in [5, 5.41) is 12.0. The van der Waals surface area contributed by atoms with Crippen LogP contribution in [-0.4, -0.2) is 13.0 Å². The lowest BCUT2D eigenvalue weighted by Crippen LogP contribution is -2.13. The number of methoxy groups -OCH3 is 1. The van der Waals surface area contributed by atoms with Gasteiger partial charge in [-0.3, -0.25) is 4.79 Å². The fourth-order valence-corrected chi connectivity index (χ4v) is 4.15. The summed E-state index contributed by atoms with van der Waals surface area (Å²) >= 11 is 4.33. The van der Waals surface area contributed by atoms with Gasteiger partial charge in [0.1, 0.15) is 17.4 Å². The van der Waals surface area contributed by atoms with Gasteiger partial charge in [-0.25, -0.2) is 0 Å². The van der Waals surface area contributed by atoms with Crippen molar-refractivity contribution in [2.24, 2.45) is 0 Å². The highest BCUT2D eigenvalue weighted by Gasteiger charge is 2.11. The minimum atomic E-state index is -0.431. The van der Waals surface area contributed by atoms with Crippen LogP contribution in [0.15, 0.2) is 48.0 Å². The van der Waals surface area contributed by atoms with Crippen LogP contribution < -0.4 is 10.1 Å². The van der Waals surface area contributed by atoms with E-state index in [0.717, 1.165) is 18.5 Å². The van der Waals surface area contributed by atoms with Crippen LogP contribution in [-0.2, 0) is 4.79 Å². The molecule has 2 aromatic rings. The second-order valence-electron chi connectivity index (χ2n) is 4.51. The molecule has 23 heavy (non-hydrogen) atoms. The minimum Gasteiger partial charge on any atom is -0.495 e. The molecule has 0 aliphatic heterocycles. The van der Waals surface area contributed by atoms with E-state index in [1.165, 1.54) is 0 Å². The Morgan fingerprint density at radius 3 is 2.35 bits per heavy atom. The van der Waals surface area contributed by atoms with Crippen molar-refractivity contribution < 1.29 is 9.53 Å². The Morgan fingerprint density at radius 1 is 1.22 bits per heavy atom. The zero-order chi connectivity index (χ0) is 16.8. The number of carbonyl (C=O) groups excluding carboxylic acids is 1. The molecule has 116 valence electrons. The van der Waals surface area contributed by atoms with E-state index in [0.29, 0.717) is 5.69 Å². The normalized spacial score (nSPS) is 10.8. The van der Waals surface area contributed by atoms with Crippen LogP contribution in [0.2, 0.25) is 0 Å². The molecule has 2 aromatic carbocycles. The minimum absolute atomic E-state index is 0.0469. The van der Waals surface area contributed by atoms with Crippen molar-refractivity contribution in [2.45, 2.75) is 0 Å². The molecule has 0 aromatic heterocycles. The van der Waals surface area contributed by atoms with Gasteiger partial charge in [0.15, 0.2) is 0 Å². The first-order chi connectivity index (χ1) is 11.0. The van der Waals surface area contributed by atoms with Crippen molar-refractivity contribution in [1.82, 2.24) is 0 Å². The molecule has 0 atom stereocenters. The van der Waals surface area contributed by atoms with E-state index >= 15 is 0 Å². The first kappa shape index (κ1) is 17.7. The number of hydrogen-bond donors (Lipinski definition) is 1. The van der Waals surface area contributed by atoms with E-state index in [1.807, 2.05) is 36.4 Å². The van der Waals surface area contributed by atoms with Gasteiger partial charge >= 0.3 is 0 Å². The third-order valence-corrected chi connectivity index (χ3v) is 4.54. The summed E-state index contributed by atoms with van der Waals surface area (Å²) in [6.45, 7) is 0. The summed E-state index contributed by atoms with van der Waals surface area (Å²) in [5.74, 6) is 0.357. The lowest BCUT2D eigenvalue weighted by Gasteiger charge is -2.08. The zero-order valence-electron chi connectivity index (χ0n) is 12.1. The molecule has 0 aliphatic rings. The monoisotopic (exact) mass is 530 g/mol. The Labute approximate surface area is 161 Å².